The number of guanidine groups is 1. The van der Waals surface area contributed by atoms with E-state index in [2.05, 4.69) is 15.2 Å². The fourth-order valence-corrected chi connectivity index (χ4v) is 3.17. The van der Waals surface area contributed by atoms with Crippen molar-refractivity contribution >= 4 is 53.3 Å². The molecule has 0 spiro atoms. The third kappa shape index (κ3) is 6.99. The maximum Gasteiger partial charge on any atom is 0.224 e. The van der Waals surface area contributed by atoms with Gasteiger partial charge in [-0.05, 0) is 24.1 Å². The molecule has 1 aromatic carbocycles. The van der Waals surface area contributed by atoms with Crippen LogP contribution in [0.25, 0.3) is 0 Å². The lowest BCUT2D eigenvalue weighted by Gasteiger charge is -2.27. The Kier molecular flexibility index (Phi) is 9.39. The molecule has 1 amide bonds. The van der Waals surface area contributed by atoms with Crippen molar-refractivity contribution in [3.05, 3.63) is 29.8 Å². The van der Waals surface area contributed by atoms with Crippen LogP contribution in [0.5, 0.6) is 0 Å². The molecule has 0 radical (unpaired) electrons. The molecule has 2 rings (SSSR count). The number of hydrogen-bond donors (Lipinski definition) is 2. The first-order chi connectivity index (χ1) is 10.7. The molecular weight excluding hydrogens is 423 g/mol. The van der Waals surface area contributed by atoms with Crippen LogP contribution in [-0.4, -0.2) is 41.4 Å². The zero-order chi connectivity index (χ0) is 15.8. The molecule has 0 saturated carbocycles. The van der Waals surface area contributed by atoms with Gasteiger partial charge in [-0.3, -0.25) is 4.79 Å². The minimum atomic E-state index is 0. The smallest absolute Gasteiger partial charge is 0.224 e. The van der Waals surface area contributed by atoms with E-state index in [0.717, 1.165) is 42.3 Å². The van der Waals surface area contributed by atoms with E-state index >= 15 is 0 Å². The maximum absolute atomic E-state index is 11.6. The third-order valence-electron chi connectivity index (χ3n) is 3.45. The van der Waals surface area contributed by atoms with E-state index in [1.165, 1.54) is 0 Å². The Bertz CT molecular complexity index is 533. The summed E-state index contributed by atoms with van der Waals surface area (Å²) in [6.45, 7) is 4.46. The fraction of sp³-hybridized carbons (Fsp3) is 0.500. The minimum absolute atomic E-state index is 0. The molecule has 7 heteroatoms. The molecule has 1 aromatic rings. The van der Waals surface area contributed by atoms with E-state index in [1.54, 1.807) is 0 Å². The Morgan fingerprint density at radius 1 is 1.39 bits per heavy atom. The number of amides is 1. The van der Waals surface area contributed by atoms with Crippen molar-refractivity contribution in [1.29, 1.82) is 0 Å². The van der Waals surface area contributed by atoms with E-state index in [9.17, 15) is 4.79 Å². The number of rotatable bonds is 5. The van der Waals surface area contributed by atoms with Crippen molar-refractivity contribution in [1.82, 2.24) is 4.90 Å². The molecule has 5 nitrogen and oxygen atoms in total. The number of anilines is 1. The molecule has 1 aliphatic heterocycles. The first kappa shape index (κ1) is 20.1. The van der Waals surface area contributed by atoms with E-state index in [0.29, 0.717) is 18.9 Å². The summed E-state index contributed by atoms with van der Waals surface area (Å²) in [5.41, 5.74) is 7.92. The second kappa shape index (κ2) is 10.7. The van der Waals surface area contributed by atoms with Crippen LogP contribution < -0.4 is 11.1 Å². The summed E-state index contributed by atoms with van der Waals surface area (Å²) < 4.78 is 0. The highest BCUT2D eigenvalue weighted by molar-refractivity contribution is 14.0. The van der Waals surface area contributed by atoms with Crippen molar-refractivity contribution in [3.63, 3.8) is 0 Å². The van der Waals surface area contributed by atoms with Gasteiger partial charge < -0.3 is 16.0 Å². The van der Waals surface area contributed by atoms with E-state index in [1.807, 2.05) is 43.0 Å². The molecule has 23 heavy (non-hydrogen) atoms. The van der Waals surface area contributed by atoms with Crippen LogP contribution in [0.4, 0.5) is 5.69 Å². The van der Waals surface area contributed by atoms with Crippen LogP contribution in [0.1, 0.15) is 25.3 Å². The standard InChI is InChI=1S/C16H24N4OS.HI/c1-2-4-15(21)19-14-6-3-5-13(11-14)12-18-16(17)20-7-9-22-10-8-20;/h3,5-6,11H,2,4,7-10,12H2,1H3,(H2,17,18)(H,19,21);1H. The van der Waals surface area contributed by atoms with E-state index in [4.69, 9.17) is 5.73 Å². The number of thioether (sulfide) groups is 1. The molecule has 1 heterocycles. The fourth-order valence-electron chi connectivity index (χ4n) is 2.26. The second-order valence-corrected chi connectivity index (χ2v) is 6.50. The van der Waals surface area contributed by atoms with Gasteiger partial charge in [-0.25, -0.2) is 4.99 Å². The molecule has 1 fully saturated rings. The largest absolute Gasteiger partial charge is 0.370 e. The zero-order valence-corrected chi connectivity index (χ0v) is 16.6. The van der Waals surface area contributed by atoms with Gasteiger partial charge in [0.15, 0.2) is 5.96 Å². The maximum atomic E-state index is 11.6. The van der Waals surface area contributed by atoms with Gasteiger partial charge in [-0.2, -0.15) is 11.8 Å². The van der Waals surface area contributed by atoms with Crippen molar-refractivity contribution in [2.45, 2.75) is 26.3 Å². The lowest BCUT2D eigenvalue weighted by atomic mass is 10.2. The Balaban J connectivity index is 0.00000264. The van der Waals surface area contributed by atoms with Gasteiger partial charge >= 0.3 is 0 Å². The SMILES string of the molecule is CCCC(=O)Nc1cccc(CN=C(N)N2CCSCC2)c1.I. The molecule has 0 atom stereocenters. The number of carbonyl (C=O) groups excluding carboxylic acids is 1. The number of hydrogen-bond acceptors (Lipinski definition) is 3. The Hall–Kier alpha value is -0.960. The summed E-state index contributed by atoms with van der Waals surface area (Å²) >= 11 is 1.95. The monoisotopic (exact) mass is 448 g/mol. The van der Waals surface area contributed by atoms with Gasteiger partial charge in [0.25, 0.3) is 0 Å². The predicted molar refractivity (Wildman–Crippen MR) is 110 cm³/mol. The lowest BCUT2D eigenvalue weighted by Crippen LogP contribution is -2.42. The normalized spacial score (nSPS) is 15.0. The number of benzene rings is 1. The van der Waals surface area contributed by atoms with Gasteiger partial charge in [0.05, 0.1) is 6.54 Å². The first-order valence-corrected chi connectivity index (χ1v) is 8.86. The minimum Gasteiger partial charge on any atom is -0.370 e. The molecule has 128 valence electrons. The summed E-state index contributed by atoms with van der Waals surface area (Å²) in [5, 5.41) is 2.90. The number of halogens is 1. The van der Waals surface area contributed by atoms with Crippen LogP contribution in [0.2, 0.25) is 0 Å². The molecule has 0 aliphatic carbocycles. The quantitative estimate of drug-likeness (QED) is 0.413. The summed E-state index contributed by atoms with van der Waals surface area (Å²) in [4.78, 5) is 18.2. The van der Waals surface area contributed by atoms with E-state index in [-0.39, 0.29) is 29.9 Å². The lowest BCUT2D eigenvalue weighted by molar-refractivity contribution is -0.116. The van der Waals surface area contributed by atoms with Crippen molar-refractivity contribution < 1.29 is 4.79 Å². The van der Waals surface area contributed by atoms with Crippen LogP contribution in [0.3, 0.4) is 0 Å². The van der Waals surface area contributed by atoms with Gasteiger partial charge in [0.2, 0.25) is 5.91 Å². The molecule has 1 aliphatic rings. The summed E-state index contributed by atoms with van der Waals surface area (Å²) in [6, 6.07) is 7.78. The number of aliphatic imine (C=N–C) groups is 1. The highest BCUT2D eigenvalue weighted by Crippen LogP contribution is 2.13. The first-order valence-electron chi connectivity index (χ1n) is 7.70. The van der Waals surface area contributed by atoms with Crippen molar-refractivity contribution in [2.75, 3.05) is 29.9 Å². The van der Waals surface area contributed by atoms with Crippen molar-refractivity contribution in [3.8, 4) is 0 Å². The predicted octanol–water partition coefficient (Wildman–Crippen LogP) is 2.91. The average Bonchev–Trinajstić information content (AvgIpc) is 2.54. The Morgan fingerprint density at radius 2 is 2.13 bits per heavy atom. The zero-order valence-electron chi connectivity index (χ0n) is 13.5. The van der Waals surface area contributed by atoms with Crippen LogP contribution >= 0.6 is 35.7 Å². The average molecular weight is 448 g/mol. The summed E-state index contributed by atoms with van der Waals surface area (Å²) in [5.74, 6) is 2.87. The number of nitrogens with two attached hydrogens (primary N) is 1. The summed E-state index contributed by atoms with van der Waals surface area (Å²) in [7, 11) is 0. The van der Waals surface area contributed by atoms with Gasteiger partial charge in [-0.15, -0.1) is 24.0 Å². The molecule has 1 saturated heterocycles. The number of nitrogens with one attached hydrogen (secondary N) is 1. The molecule has 0 aromatic heterocycles. The van der Waals surface area contributed by atoms with Crippen LogP contribution in [0, 0.1) is 0 Å². The van der Waals surface area contributed by atoms with E-state index < -0.39 is 0 Å². The molecule has 3 N–H and O–H groups in total. The van der Waals surface area contributed by atoms with Crippen molar-refractivity contribution in [2.24, 2.45) is 10.7 Å². The van der Waals surface area contributed by atoms with Crippen LogP contribution in [-0.2, 0) is 11.3 Å². The number of carbonyl (C=O) groups is 1. The second-order valence-electron chi connectivity index (χ2n) is 5.27. The Labute approximate surface area is 159 Å². The van der Waals surface area contributed by atoms with Gasteiger partial charge in [0.1, 0.15) is 0 Å². The van der Waals surface area contributed by atoms with Gasteiger partial charge in [0, 0.05) is 36.7 Å². The van der Waals surface area contributed by atoms with Gasteiger partial charge in [-0.1, -0.05) is 19.1 Å². The highest BCUT2D eigenvalue weighted by Gasteiger charge is 2.11. The number of nitrogens with zero attached hydrogens (tertiary/aromatic N) is 2. The Morgan fingerprint density at radius 3 is 2.83 bits per heavy atom. The summed E-state index contributed by atoms with van der Waals surface area (Å²) in [6.07, 6.45) is 1.39. The highest BCUT2D eigenvalue weighted by atomic mass is 127. The van der Waals surface area contributed by atoms with Crippen LogP contribution in [0.15, 0.2) is 29.3 Å². The molecule has 0 bridgehead atoms. The third-order valence-corrected chi connectivity index (χ3v) is 4.39. The topological polar surface area (TPSA) is 70.7 Å². The molecule has 0 unspecified atom stereocenters. The molecular formula is C16H25IN4OS.